The van der Waals surface area contributed by atoms with Gasteiger partial charge in [-0.25, -0.2) is 13.2 Å². The van der Waals surface area contributed by atoms with E-state index in [0.717, 1.165) is 12.0 Å². The summed E-state index contributed by atoms with van der Waals surface area (Å²) in [6.07, 6.45) is 0.729. The van der Waals surface area contributed by atoms with E-state index in [1.165, 1.54) is 0 Å². The maximum Gasteiger partial charge on any atom is 0.318 e. The molecule has 0 aromatic heterocycles. The van der Waals surface area contributed by atoms with Crippen LogP contribution in [0.3, 0.4) is 0 Å². The van der Waals surface area contributed by atoms with Gasteiger partial charge in [0.05, 0.1) is 17.5 Å². The first-order valence-electron chi connectivity index (χ1n) is 7.35. The van der Waals surface area contributed by atoms with Crippen molar-refractivity contribution in [2.75, 3.05) is 18.1 Å². The lowest BCUT2D eigenvalue weighted by molar-refractivity contribution is 0.180. The summed E-state index contributed by atoms with van der Waals surface area (Å²) < 4.78 is 23.2. The monoisotopic (exact) mass is 344 g/mol. The molecule has 0 radical (unpaired) electrons. The number of carbonyl (C=O) groups excluding carboxylic acids is 1. The zero-order valence-electron chi connectivity index (χ0n) is 12.8. The smallest absolute Gasteiger partial charge is 0.318 e. The third-order valence-electron chi connectivity index (χ3n) is 3.89. The molecular formula is C15H21ClN2O3S. The van der Waals surface area contributed by atoms with Gasteiger partial charge in [-0.05, 0) is 31.0 Å². The van der Waals surface area contributed by atoms with Crippen molar-refractivity contribution in [3.05, 3.63) is 34.9 Å². The molecule has 1 aliphatic rings. The quantitative estimate of drug-likeness (QED) is 0.916. The van der Waals surface area contributed by atoms with Crippen LogP contribution in [0, 0.1) is 0 Å². The molecule has 2 amide bonds. The van der Waals surface area contributed by atoms with Crippen LogP contribution in [0.15, 0.2) is 24.3 Å². The van der Waals surface area contributed by atoms with Gasteiger partial charge in [-0.2, -0.15) is 0 Å². The van der Waals surface area contributed by atoms with Crippen LogP contribution in [0.1, 0.15) is 31.9 Å². The molecule has 0 aliphatic carbocycles. The van der Waals surface area contributed by atoms with Gasteiger partial charge in [0.2, 0.25) is 0 Å². The van der Waals surface area contributed by atoms with Gasteiger partial charge in [-0.15, -0.1) is 0 Å². The Morgan fingerprint density at radius 3 is 2.82 bits per heavy atom. The highest BCUT2D eigenvalue weighted by Crippen LogP contribution is 2.21. The third kappa shape index (κ3) is 4.14. The van der Waals surface area contributed by atoms with E-state index in [4.69, 9.17) is 11.6 Å². The van der Waals surface area contributed by atoms with Crippen LogP contribution in [0.2, 0.25) is 5.02 Å². The number of benzene rings is 1. The first kappa shape index (κ1) is 17.1. The van der Waals surface area contributed by atoms with Gasteiger partial charge in [0.1, 0.15) is 0 Å². The standard InChI is InChI=1S/C15H21ClN2O3S/c1-3-14(12-5-4-6-13(16)9-12)17-15(19)18-7-8-22(20,21)10-11(18)2/h4-6,9,11,14H,3,7-8,10H2,1-2H3,(H,17,19)/t11-,14+/m0/s1. The van der Waals surface area contributed by atoms with Crippen LogP contribution in [0.4, 0.5) is 4.79 Å². The number of carbonyl (C=O) groups is 1. The van der Waals surface area contributed by atoms with Gasteiger partial charge in [-0.3, -0.25) is 0 Å². The maximum absolute atomic E-state index is 12.4. The number of halogens is 1. The molecule has 2 atom stereocenters. The molecule has 0 saturated carbocycles. The van der Waals surface area contributed by atoms with Crippen molar-refractivity contribution in [2.24, 2.45) is 0 Å². The number of hydrogen-bond donors (Lipinski definition) is 1. The molecule has 1 aromatic rings. The molecule has 1 N–H and O–H groups in total. The zero-order chi connectivity index (χ0) is 16.3. The largest absolute Gasteiger partial charge is 0.331 e. The number of nitrogens with one attached hydrogen (secondary N) is 1. The van der Waals surface area contributed by atoms with Crippen molar-refractivity contribution < 1.29 is 13.2 Å². The minimum atomic E-state index is -3.03. The molecule has 5 nitrogen and oxygen atoms in total. The van der Waals surface area contributed by atoms with E-state index < -0.39 is 9.84 Å². The van der Waals surface area contributed by atoms with E-state index in [9.17, 15) is 13.2 Å². The summed E-state index contributed by atoms with van der Waals surface area (Å²) in [6, 6.07) is 6.71. The van der Waals surface area contributed by atoms with Crippen LogP contribution in [0.5, 0.6) is 0 Å². The van der Waals surface area contributed by atoms with Crippen LogP contribution in [-0.2, 0) is 9.84 Å². The van der Waals surface area contributed by atoms with Gasteiger partial charge >= 0.3 is 6.03 Å². The second kappa shape index (κ2) is 6.87. The molecule has 0 bridgehead atoms. The molecule has 7 heteroatoms. The predicted octanol–water partition coefficient (Wildman–Crippen LogP) is 2.62. The van der Waals surface area contributed by atoms with Gasteiger partial charge < -0.3 is 10.2 Å². The fraction of sp³-hybridized carbons (Fsp3) is 0.533. The molecular weight excluding hydrogens is 324 g/mol. The topological polar surface area (TPSA) is 66.5 Å². The summed E-state index contributed by atoms with van der Waals surface area (Å²) in [6.45, 7) is 3.98. The maximum atomic E-state index is 12.4. The highest BCUT2D eigenvalue weighted by Gasteiger charge is 2.31. The second-order valence-electron chi connectivity index (χ2n) is 5.62. The lowest BCUT2D eigenvalue weighted by atomic mass is 10.0. The normalized spacial score (nSPS) is 22.1. The predicted molar refractivity (Wildman–Crippen MR) is 87.8 cm³/mol. The van der Waals surface area contributed by atoms with E-state index in [1.807, 2.05) is 25.1 Å². The summed E-state index contributed by atoms with van der Waals surface area (Å²) in [5, 5.41) is 3.60. The molecule has 2 rings (SSSR count). The van der Waals surface area contributed by atoms with Crippen molar-refractivity contribution in [3.63, 3.8) is 0 Å². The minimum absolute atomic E-state index is 0.0222. The van der Waals surface area contributed by atoms with E-state index >= 15 is 0 Å². The number of urea groups is 1. The number of sulfone groups is 1. The van der Waals surface area contributed by atoms with E-state index in [1.54, 1.807) is 17.9 Å². The van der Waals surface area contributed by atoms with Crippen LogP contribution in [-0.4, -0.2) is 43.4 Å². The third-order valence-corrected chi connectivity index (χ3v) is 5.92. The Morgan fingerprint density at radius 1 is 1.50 bits per heavy atom. The van der Waals surface area contributed by atoms with Crippen LogP contribution in [0.25, 0.3) is 0 Å². The molecule has 1 heterocycles. The Labute approximate surface area is 136 Å². The Balaban J connectivity index is 2.07. The van der Waals surface area contributed by atoms with Crippen molar-refractivity contribution in [1.29, 1.82) is 0 Å². The molecule has 1 aromatic carbocycles. The Morgan fingerprint density at radius 2 is 2.23 bits per heavy atom. The Hall–Kier alpha value is -1.27. The molecule has 122 valence electrons. The summed E-state index contributed by atoms with van der Waals surface area (Å²) in [4.78, 5) is 14.0. The lowest BCUT2D eigenvalue weighted by Crippen LogP contribution is -2.53. The van der Waals surface area contributed by atoms with Crippen LogP contribution < -0.4 is 5.32 Å². The summed E-state index contributed by atoms with van der Waals surface area (Å²) >= 11 is 6.00. The molecule has 1 fully saturated rings. The minimum Gasteiger partial charge on any atom is -0.331 e. The number of rotatable bonds is 3. The fourth-order valence-corrected chi connectivity index (χ4v) is 4.43. The number of amides is 2. The SMILES string of the molecule is CC[C@@H](NC(=O)N1CCS(=O)(=O)C[C@@H]1C)c1cccc(Cl)c1. The number of nitrogens with zero attached hydrogens (tertiary/aromatic N) is 1. The van der Waals surface area contributed by atoms with Crippen molar-refractivity contribution in [2.45, 2.75) is 32.4 Å². The Bertz CT molecular complexity index is 648. The molecule has 0 unspecified atom stereocenters. The summed E-state index contributed by atoms with van der Waals surface area (Å²) in [5.41, 5.74) is 0.945. The van der Waals surface area contributed by atoms with Crippen molar-refractivity contribution in [1.82, 2.24) is 10.2 Å². The average Bonchev–Trinajstić information content (AvgIpc) is 2.43. The van der Waals surface area contributed by atoms with Gasteiger partial charge in [0.25, 0.3) is 0 Å². The highest BCUT2D eigenvalue weighted by atomic mass is 35.5. The van der Waals surface area contributed by atoms with Crippen LogP contribution >= 0.6 is 11.6 Å². The molecule has 1 saturated heterocycles. The molecule has 22 heavy (non-hydrogen) atoms. The molecule has 1 aliphatic heterocycles. The molecule has 0 spiro atoms. The second-order valence-corrected chi connectivity index (χ2v) is 8.29. The van der Waals surface area contributed by atoms with Gasteiger partial charge in [0, 0.05) is 17.6 Å². The van der Waals surface area contributed by atoms with E-state index in [2.05, 4.69) is 5.32 Å². The van der Waals surface area contributed by atoms with Crippen molar-refractivity contribution >= 4 is 27.5 Å². The van der Waals surface area contributed by atoms with Crippen molar-refractivity contribution in [3.8, 4) is 0 Å². The van der Waals surface area contributed by atoms with E-state index in [0.29, 0.717) is 5.02 Å². The van der Waals surface area contributed by atoms with E-state index in [-0.39, 0.29) is 36.2 Å². The average molecular weight is 345 g/mol. The zero-order valence-corrected chi connectivity index (χ0v) is 14.3. The first-order chi connectivity index (χ1) is 10.3. The summed E-state index contributed by atoms with van der Waals surface area (Å²) in [7, 11) is -3.03. The number of hydrogen-bond acceptors (Lipinski definition) is 3. The van der Waals surface area contributed by atoms with Gasteiger partial charge in [-0.1, -0.05) is 30.7 Å². The summed E-state index contributed by atoms with van der Waals surface area (Å²) in [5.74, 6) is 0.0487. The highest BCUT2D eigenvalue weighted by molar-refractivity contribution is 7.91. The first-order valence-corrected chi connectivity index (χ1v) is 9.55. The Kier molecular flexibility index (Phi) is 5.34. The van der Waals surface area contributed by atoms with Gasteiger partial charge in [0.15, 0.2) is 9.84 Å². The lowest BCUT2D eigenvalue weighted by Gasteiger charge is -2.34. The fourth-order valence-electron chi connectivity index (χ4n) is 2.68.